The SMILES string of the molecule is O=C1C=c2cc[nH]c(=O)c2=CC1. The van der Waals surface area contributed by atoms with Crippen molar-refractivity contribution in [2.75, 3.05) is 0 Å². The third-order valence-corrected chi connectivity index (χ3v) is 1.86. The zero-order valence-electron chi connectivity index (χ0n) is 6.33. The van der Waals surface area contributed by atoms with Gasteiger partial charge in [-0.25, -0.2) is 0 Å². The van der Waals surface area contributed by atoms with Crippen molar-refractivity contribution >= 4 is 17.9 Å². The van der Waals surface area contributed by atoms with Crippen LogP contribution in [0.1, 0.15) is 6.42 Å². The molecule has 12 heavy (non-hydrogen) atoms. The predicted molar refractivity (Wildman–Crippen MR) is 44.9 cm³/mol. The van der Waals surface area contributed by atoms with Crippen LogP contribution in [0.15, 0.2) is 17.1 Å². The number of H-pyrrole nitrogens is 1. The zero-order valence-corrected chi connectivity index (χ0v) is 6.33. The summed E-state index contributed by atoms with van der Waals surface area (Å²) in [5.74, 6) is 0.0492. The third kappa shape index (κ3) is 0.993. The maximum absolute atomic E-state index is 11.2. The molecule has 2 rings (SSSR count). The lowest BCUT2D eigenvalue weighted by Gasteiger charge is -1.96. The number of aromatic nitrogens is 1. The summed E-state index contributed by atoms with van der Waals surface area (Å²) in [6, 6.07) is 1.73. The Labute approximate surface area is 68.0 Å². The highest BCUT2D eigenvalue weighted by atomic mass is 16.1. The minimum atomic E-state index is -0.128. The molecule has 60 valence electrons. The number of aromatic amines is 1. The van der Waals surface area contributed by atoms with Gasteiger partial charge in [0.15, 0.2) is 5.78 Å². The molecule has 3 nitrogen and oxygen atoms in total. The van der Waals surface area contributed by atoms with E-state index in [0.717, 1.165) is 5.22 Å². The highest BCUT2D eigenvalue weighted by Gasteiger charge is 2.01. The van der Waals surface area contributed by atoms with Crippen molar-refractivity contribution in [1.29, 1.82) is 0 Å². The van der Waals surface area contributed by atoms with Gasteiger partial charge in [0, 0.05) is 17.8 Å². The number of nitrogens with one attached hydrogen (secondary N) is 1. The van der Waals surface area contributed by atoms with E-state index in [4.69, 9.17) is 0 Å². The fraction of sp³-hybridized carbons (Fsp3) is 0.111. The summed E-state index contributed by atoms with van der Waals surface area (Å²) < 4.78 is 0. The van der Waals surface area contributed by atoms with Gasteiger partial charge in [0.25, 0.3) is 5.56 Å². The van der Waals surface area contributed by atoms with Crippen molar-refractivity contribution in [1.82, 2.24) is 4.98 Å². The number of hydrogen-bond donors (Lipinski definition) is 1. The maximum atomic E-state index is 11.2. The van der Waals surface area contributed by atoms with Crippen molar-refractivity contribution in [3.8, 4) is 0 Å². The molecule has 0 saturated carbocycles. The van der Waals surface area contributed by atoms with Crippen LogP contribution < -0.4 is 16.0 Å². The second kappa shape index (κ2) is 2.44. The molecule has 1 heterocycles. The minimum absolute atomic E-state index is 0.0492. The summed E-state index contributed by atoms with van der Waals surface area (Å²) in [4.78, 5) is 24.6. The van der Waals surface area contributed by atoms with Crippen LogP contribution in [0.5, 0.6) is 0 Å². The van der Waals surface area contributed by atoms with Crippen molar-refractivity contribution in [2.24, 2.45) is 0 Å². The van der Waals surface area contributed by atoms with Gasteiger partial charge >= 0.3 is 0 Å². The summed E-state index contributed by atoms with van der Waals surface area (Å²) in [5, 5.41) is 1.33. The first-order valence-corrected chi connectivity index (χ1v) is 3.70. The van der Waals surface area contributed by atoms with Gasteiger partial charge in [-0.1, -0.05) is 6.08 Å². The molecular weight excluding hydrogens is 154 g/mol. The molecule has 0 fully saturated rings. The van der Waals surface area contributed by atoms with E-state index in [1.165, 1.54) is 6.08 Å². The molecule has 0 amide bonds. The number of pyridine rings is 1. The summed E-state index contributed by atoms with van der Waals surface area (Å²) >= 11 is 0. The fourth-order valence-electron chi connectivity index (χ4n) is 1.28. The summed E-state index contributed by atoms with van der Waals surface area (Å²) in [6.45, 7) is 0. The van der Waals surface area contributed by atoms with Crippen LogP contribution in [0.25, 0.3) is 12.2 Å². The van der Waals surface area contributed by atoms with Gasteiger partial charge in [0.05, 0.1) is 0 Å². The Balaban J connectivity index is 2.97. The lowest BCUT2D eigenvalue weighted by molar-refractivity contribution is -0.112. The first-order valence-electron chi connectivity index (χ1n) is 3.70. The smallest absolute Gasteiger partial charge is 0.255 e. The number of ketones is 1. The number of rotatable bonds is 0. The highest BCUT2D eigenvalue weighted by Crippen LogP contribution is 1.87. The number of hydrogen-bond acceptors (Lipinski definition) is 2. The normalized spacial score (nSPS) is 14.5. The molecule has 1 aliphatic carbocycles. The Morgan fingerprint density at radius 2 is 2.17 bits per heavy atom. The molecule has 1 aliphatic rings. The van der Waals surface area contributed by atoms with Crippen LogP contribution in [-0.4, -0.2) is 10.8 Å². The van der Waals surface area contributed by atoms with Crippen LogP contribution in [0.3, 0.4) is 0 Å². The van der Waals surface area contributed by atoms with Crippen LogP contribution in [0.2, 0.25) is 0 Å². The van der Waals surface area contributed by atoms with E-state index in [2.05, 4.69) is 4.98 Å². The minimum Gasteiger partial charge on any atom is -0.329 e. The molecule has 1 N–H and O–H groups in total. The van der Waals surface area contributed by atoms with Gasteiger partial charge in [-0.15, -0.1) is 0 Å². The Morgan fingerprint density at radius 1 is 1.33 bits per heavy atom. The Morgan fingerprint density at radius 3 is 3.00 bits per heavy atom. The first-order chi connectivity index (χ1) is 5.77. The average Bonchev–Trinajstić information content (AvgIpc) is 2.04. The van der Waals surface area contributed by atoms with E-state index in [1.807, 2.05) is 0 Å². The molecule has 0 radical (unpaired) electrons. The largest absolute Gasteiger partial charge is 0.329 e. The number of Topliss-reactive ketones (excluding diaryl/α,β-unsaturated/α-hetero) is 1. The van der Waals surface area contributed by atoms with Crippen LogP contribution in [0.4, 0.5) is 0 Å². The monoisotopic (exact) mass is 161 g/mol. The second-order valence-corrected chi connectivity index (χ2v) is 2.69. The van der Waals surface area contributed by atoms with E-state index < -0.39 is 0 Å². The Bertz CT molecular complexity index is 496. The lowest BCUT2D eigenvalue weighted by atomic mass is 10.1. The van der Waals surface area contributed by atoms with Crippen molar-refractivity contribution in [2.45, 2.75) is 6.42 Å². The second-order valence-electron chi connectivity index (χ2n) is 2.69. The Hall–Kier alpha value is -1.64. The quantitative estimate of drug-likeness (QED) is 0.525. The maximum Gasteiger partial charge on any atom is 0.255 e. The molecular formula is C9H7NO2. The van der Waals surface area contributed by atoms with E-state index in [1.54, 1.807) is 18.3 Å². The number of carbonyl (C=O) groups excluding carboxylic acids is 1. The molecule has 0 atom stereocenters. The molecule has 0 aromatic carbocycles. The molecule has 1 aromatic rings. The van der Waals surface area contributed by atoms with Crippen LogP contribution in [-0.2, 0) is 4.79 Å². The summed E-state index contributed by atoms with van der Waals surface area (Å²) in [5.41, 5.74) is -0.128. The molecule has 0 aliphatic heterocycles. The van der Waals surface area contributed by atoms with Crippen molar-refractivity contribution < 1.29 is 4.79 Å². The van der Waals surface area contributed by atoms with E-state index in [0.29, 0.717) is 11.6 Å². The fourth-order valence-corrected chi connectivity index (χ4v) is 1.28. The topological polar surface area (TPSA) is 49.9 Å². The van der Waals surface area contributed by atoms with Gasteiger partial charge in [-0.05, 0) is 17.4 Å². The summed E-state index contributed by atoms with van der Waals surface area (Å²) in [7, 11) is 0. The van der Waals surface area contributed by atoms with Crippen LogP contribution in [0, 0.1) is 0 Å². The van der Waals surface area contributed by atoms with Gasteiger partial charge in [-0.3, -0.25) is 9.59 Å². The standard InChI is InChI=1S/C9H7NO2/c11-7-1-2-8-6(5-7)3-4-10-9(8)12/h2-5H,1H2,(H,10,12). The lowest BCUT2D eigenvalue weighted by Crippen LogP contribution is -2.42. The summed E-state index contributed by atoms with van der Waals surface area (Å²) in [6.07, 6.45) is 5.05. The Kier molecular flexibility index (Phi) is 1.43. The molecule has 3 heteroatoms. The average molecular weight is 161 g/mol. The van der Waals surface area contributed by atoms with Gasteiger partial charge in [0.2, 0.25) is 0 Å². The van der Waals surface area contributed by atoms with Crippen molar-refractivity contribution in [3.05, 3.63) is 33.1 Å². The molecule has 0 saturated heterocycles. The number of fused-ring (bicyclic) bond motifs is 1. The zero-order chi connectivity index (χ0) is 8.55. The first kappa shape index (κ1) is 7.03. The van der Waals surface area contributed by atoms with Gasteiger partial charge < -0.3 is 4.98 Å². The molecule has 1 aromatic heterocycles. The van der Waals surface area contributed by atoms with E-state index in [9.17, 15) is 9.59 Å². The van der Waals surface area contributed by atoms with Gasteiger partial charge in [-0.2, -0.15) is 0 Å². The van der Waals surface area contributed by atoms with E-state index >= 15 is 0 Å². The van der Waals surface area contributed by atoms with Gasteiger partial charge in [0.1, 0.15) is 0 Å². The predicted octanol–water partition coefficient (Wildman–Crippen LogP) is -1.09. The number of carbonyl (C=O) groups is 1. The third-order valence-electron chi connectivity index (χ3n) is 1.86. The van der Waals surface area contributed by atoms with Crippen molar-refractivity contribution in [3.63, 3.8) is 0 Å². The molecule has 0 unspecified atom stereocenters. The van der Waals surface area contributed by atoms with Crippen LogP contribution >= 0.6 is 0 Å². The molecule has 0 spiro atoms. The highest BCUT2D eigenvalue weighted by molar-refractivity contribution is 6.09. The molecule has 0 bridgehead atoms. The van der Waals surface area contributed by atoms with E-state index in [-0.39, 0.29) is 11.3 Å².